The molecule has 0 heterocycles. The Hall–Kier alpha value is 0.0834. The molecule has 0 aromatic heterocycles. The number of hydrogen-bond donors (Lipinski definition) is 2. The monoisotopic (exact) mass is 293 g/mol. The fourth-order valence-electron chi connectivity index (χ4n) is 1.40. The van der Waals surface area contributed by atoms with Crippen LogP contribution in [0.1, 0.15) is 6.92 Å². The van der Waals surface area contributed by atoms with Crippen LogP contribution in [-0.2, 0) is 14.8 Å². The molecule has 0 unspecified atom stereocenters. The average molecular weight is 295 g/mol. The third-order valence-corrected chi connectivity index (χ3v) is 14.1. The molecule has 4 heteroatoms. The van der Waals surface area contributed by atoms with Crippen molar-refractivity contribution in [2.45, 2.75) is 23.0 Å². The van der Waals surface area contributed by atoms with Gasteiger partial charge in [0.25, 0.3) is 0 Å². The van der Waals surface area contributed by atoms with Gasteiger partial charge in [0.1, 0.15) is 4.32 Å². The minimum Gasteiger partial charge on any atom is -0.385 e. The molecule has 0 saturated carbocycles. The summed E-state index contributed by atoms with van der Waals surface area (Å²) in [6.45, 7) is 2.33. The second kappa shape index (κ2) is 7.37. The van der Waals surface area contributed by atoms with Crippen molar-refractivity contribution in [3.05, 3.63) is 30.3 Å². The maximum absolute atomic E-state index is 4.71. The largest absolute Gasteiger partial charge is 0.385 e. The zero-order valence-electron chi connectivity index (χ0n) is 9.73. The molecule has 15 heavy (non-hydrogen) atoms. The zero-order valence-corrected chi connectivity index (χ0v) is 14.4. The molecule has 0 spiro atoms. The van der Waals surface area contributed by atoms with Crippen LogP contribution in [0.5, 0.6) is 0 Å². The van der Waals surface area contributed by atoms with E-state index in [0.717, 1.165) is 0 Å². The number of nitrogens with two attached hydrogens (primary N) is 1. The van der Waals surface area contributed by atoms with Gasteiger partial charge in [0.15, 0.2) is 0 Å². The topological polar surface area (TPSA) is 26.0 Å². The van der Waals surface area contributed by atoms with Crippen molar-refractivity contribution < 1.29 is 14.8 Å². The Morgan fingerprint density at radius 1 is 1.33 bits per heavy atom. The minimum atomic E-state index is -1.85. The SMILES string of the molecule is C[CH2][Zn]([CH3])([CH3])[c]1ccccc1.NC(=S)S. The third-order valence-electron chi connectivity index (χ3n) is 3.20. The summed E-state index contributed by atoms with van der Waals surface area (Å²) in [6, 6.07) is 11.0. The van der Waals surface area contributed by atoms with Crippen LogP contribution in [-0.4, -0.2) is 4.32 Å². The van der Waals surface area contributed by atoms with Crippen molar-refractivity contribution in [2.75, 3.05) is 0 Å². The smallest absolute Gasteiger partial charge is 0.128 e. The number of thiocarbonyl (C=S) groups is 1. The van der Waals surface area contributed by atoms with Gasteiger partial charge < -0.3 is 5.73 Å². The van der Waals surface area contributed by atoms with Crippen LogP contribution < -0.4 is 9.89 Å². The maximum Gasteiger partial charge on any atom is 0.128 e. The quantitative estimate of drug-likeness (QED) is 0.498. The van der Waals surface area contributed by atoms with Crippen LogP contribution in [0.15, 0.2) is 30.3 Å². The van der Waals surface area contributed by atoms with Crippen molar-refractivity contribution in [1.29, 1.82) is 0 Å². The standard InChI is InChI=1S/C6H5.C2H5.CH3NS2.2CH3.Zn/c1-2-4-6-5-3-1;1-2;2-1(3)4;;;/h1-5H;1H2,2H3;(H3,2,3,4);2*1H3;. The van der Waals surface area contributed by atoms with Crippen LogP contribution in [0, 0.1) is 0 Å². The van der Waals surface area contributed by atoms with Crippen molar-refractivity contribution in [1.82, 2.24) is 0 Å². The molecule has 0 radical (unpaired) electrons. The Balaban J connectivity index is 0.000000423. The number of benzene rings is 1. The van der Waals surface area contributed by atoms with Crippen LogP contribution in [0.4, 0.5) is 0 Å². The molecule has 1 nitrogen and oxygen atoms in total. The molecular weight excluding hydrogens is 276 g/mol. The van der Waals surface area contributed by atoms with Crippen LogP contribution in [0.25, 0.3) is 0 Å². The summed E-state index contributed by atoms with van der Waals surface area (Å²) in [5.74, 6) is 0. The maximum atomic E-state index is 4.71. The summed E-state index contributed by atoms with van der Waals surface area (Å²) in [4.78, 5) is 0. The molecule has 1 aromatic rings. The van der Waals surface area contributed by atoms with Crippen LogP contribution in [0.3, 0.4) is 0 Å². The Morgan fingerprint density at radius 2 is 1.73 bits per heavy atom. The van der Waals surface area contributed by atoms with Crippen molar-refractivity contribution >= 4 is 33.3 Å². The van der Waals surface area contributed by atoms with Crippen LogP contribution >= 0.6 is 24.8 Å². The van der Waals surface area contributed by atoms with E-state index in [0.29, 0.717) is 0 Å². The molecule has 82 valence electrons. The number of thiol groups is 1. The van der Waals surface area contributed by atoms with E-state index in [-0.39, 0.29) is 4.32 Å². The first-order valence-electron chi connectivity index (χ1n) is 5.60. The molecule has 2 N–H and O–H groups in total. The molecule has 0 bridgehead atoms. The van der Waals surface area contributed by atoms with E-state index in [4.69, 9.17) is 5.73 Å². The molecule has 0 amide bonds. The van der Waals surface area contributed by atoms with E-state index in [2.05, 4.69) is 73.1 Å². The Morgan fingerprint density at radius 3 is 2.07 bits per heavy atom. The summed E-state index contributed by atoms with van der Waals surface area (Å²) in [6.07, 6.45) is 0. The van der Waals surface area contributed by atoms with Gasteiger partial charge in [-0.05, 0) is 0 Å². The fraction of sp³-hybridized carbons (Fsp3) is 0.364. The second-order valence-corrected chi connectivity index (χ2v) is 21.2. The average Bonchev–Trinajstić information content (AvgIpc) is 2.18. The second-order valence-electron chi connectivity index (χ2n) is 4.99. The first kappa shape index (κ1) is 15.1. The van der Waals surface area contributed by atoms with Gasteiger partial charge in [-0.3, -0.25) is 0 Å². The molecule has 0 fully saturated rings. The zero-order chi connectivity index (χ0) is 11.9. The predicted octanol–water partition coefficient (Wildman–Crippen LogP) is 3.16. The van der Waals surface area contributed by atoms with Crippen molar-refractivity contribution in [2.24, 2.45) is 5.73 Å². The van der Waals surface area contributed by atoms with Gasteiger partial charge in [-0.2, -0.15) is 0 Å². The third kappa shape index (κ3) is 7.05. The van der Waals surface area contributed by atoms with Gasteiger partial charge in [-0.15, -0.1) is 12.6 Å². The molecule has 0 saturated heterocycles. The number of rotatable bonds is 2. The van der Waals surface area contributed by atoms with E-state index < -0.39 is 14.8 Å². The van der Waals surface area contributed by atoms with Crippen LogP contribution in [0.2, 0.25) is 16.1 Å². The first-order valence-corrected chi connectivity index (χ1v) is 16.0. The van der Waals surface area contributed by atoms with E-state index in [1.165, 1.54) is 5.02 Å². The summed E-state index contributed by atoms with van der Waals surface area (Å²) in [5, 5.41) is 1.41. The Labute approximate surface area is 107 Å². The molecule has 0 atom stereocenters. The molecule has 1 rings (SSSR count). The normalized spacial score (nSPS) is 9.07. The van der Waals surface area contributed by atoms with E-state index in [1.54, 1.807) is 4.16 Å². The van der Waals surface area contributed by atoms with E-state index >= 15 is 0 Å². The Bertz CT molecular complexity index is 295. The molecule has 0 aliphatic rings. The molecule has 1 aromatic carbocycles. The van der Waals surface area contributed by atoms with Gasteiger partial charge >= 0.3 is 72.2 Å². The molecular formula is C11H19NS2Zn. The Kier molecular flexibility index (Phi) is 7.41. The molecule has 0 aliphatic carbocycles. The number of hydrogen-bond acceptors (Lipinski definition) is 1. The minimum absolute atomic E-state index is 0.194. The molecule has 0 aliphatic heterocycles. The summed E-state index contributed by atoms with van der Waals surface area (Å²) in [5.41, 5.74) is 9.70. The predicted molar refractivity (Wildman–Crippen MR) is 74.1 cm³/mol. The van der Waals surface area contributed by atoms with Gasteiger partial charge in [0, 0.05) is 0 Å². The summed E-state index contributed by atoms with van der Waals surface area (Å²) >= 11 is 5.80. The van der Waals surface area contributed by atoms with E-state index in [9.17, 15) is 0 Å². The fourth-order valence-corrected chi connectivity index (χ4v) is 5.86. The van der Waals surface area contributed by atoms with Gasteiger partial charge in [-0.1, -0.05) is 12.2 Å². The van der Waals surface area contributed by atoms with Gasteiger partial charge in [-0.25, -0.2) is 0 Å². The van der Waals surface area contributed by atoms with E-state index in [1.807, 2.05) is 0 Å². The summed E-state index contributed by atoms with van der Waals surface area (Å²) in [7, 11) is 0. The van der Waals surface area contributed by atoms with Crippen molar-refractivity contribution in [3.63, 3.8) is 0 Å². The summed E-state index contributed by atoms with van der Waals surface area (Å²) < 4.78 is 1.85. The van der Waals surface area contributed by atoms with Gasteiger partial charge in [0.05, 0.1) is 0 Å². The van der Waals surface area contributed by atoms with Gasteiger partial charge in [0.2, 0.25) is 0 Å². The van der Waals surface area contributed by atoms with Crippen molar-refractivity contribution in [3.8, 4) is 0 Å². The first-order chi connectivity index (χ1) is 6.90.